The molecule has 4 aromatic rings. The second-order valence-electron chi connectivity index (χ2n) is 8.76. The van der Waals surface area contributed by atoms with E-state index in [1.165, 1.54) is 29.1 Å². The summed E-state index contributed by atoms with van der Waals surface area (Å²) in [5, 5.41) is 16.3. The number of rotatable bonds is 8. The Hall–Kier alpha value is -4.25. The molecule has 2 heterocycles. The minimum atomic E-state index is -0.495. The maximum Gasteiger partial charge on any atom is 0.282 e. The van der Waals surface area contributed by atoms with Gasteiger partial charge in [-0.25, -0.2) is 4.98 Å². The molecule has 0 radical (unpaired) electrons. The van der Waals surface area contributed by atoms with Gasteiger partial charge < -0.3 is 14.2 Å². The quantitative estimate of drug-likeness (QED) is 0.148. The summed E-state index contributed by atoms with van der Waals surface area (Å²) in [5.74, 6) is 2.10. The molecule has 0 aliphatic carbocycles. The zero-order chi connectivity index (χ0) is 26.8. The van der Waals surface area contributed by atoms with Crippen LogP contribution in [0.2, 0.25) is 0 Å². The fourth-order valence-electron chi connectivity index (χ4n) is 3.97. The summed E-state index contributed by atoms with van der Waals surface area (Å²) in [6.45, 7) is 4.31. The van der Waals surface area contributed by atoms with Crippen LogP contribution >= 0.6 is 15.9 Å². The third-order valence-electron chi connectivity index (χ3n) is 6.23. The predicted molar refractivity (Wildman–Crippen MR) is 145 cm³/mol. The van der Waals surface area contributed by atoms with Crippen LogP contribution in [0.4, 0.5) is 5.69 Å². The summed E-state index contributed by atoms with van der Waals surface area (Å²) in [5.41, 5.74) is 1.28. The summed E-state index contributed by atoms with van der Waals surface area (Å²) >= 11 is 3.40. The van der Waals surface area contributed by atoms with Crippen LogP contribution in [0.1, 0.15) is 43.1 Å². The second-order valence-corrected chi connectivity index (χ2v) is 9.67. The monoisotopic (exact) mass is 578 g/mol. The Kier molecular flexibility index (Phi) is 7.10. The lowest BCUT2D eigenvalue weighted by atomic mass is 10.1. The lowest BCUT2D eigenvalue weighted by molar-refractivity contribution is -0.384. The molecule has 1 aliphatic heterocycles. The molecule has 0 fully saturated rings. The zero-order valence-corrected chi connectivity index (χ0v) is 22.2. The number of nitrogens with zero attached hydrogens (tertiary/aromatic N) is 4. The van der Waals surface area contributed by atoms with E-state index in [1.54, 1.807) is 18.2 Å². The molecule has 1 aromatic heterocycles. The van der Waals surface area contributed by atoms with E-state index in [9.17, 15) is 14.9 Å². The summed E-state index contributed by atoms with van der Waals surface area (Å²) in [4.78, 5) is 29.1. The minimum Gasteiger partial charge on any atom is -0.488 e. The number of ether oxygens (including phenoxy) is 3. The molecule has 0 saturated heterocycles. The van der Waals surface area contributed by atoms with E-state index in [0.29, 0.717) is 39.5 Å². The van der Waals surface area contributed by atoms with Crippen molar-refractivity contribution >= 4 is 38.7 Å². The number of halogens is 1. The van der Waals surface area contributed by atoms with Crippen LogP contribution in [0.5, 0.6) is 17.2 Å². The predicted octanol–water partition coefficient (Wildman–Crippen LogP) is 5.77. The average Bonchev–Trinajstić information content (AvgIpc) is 3.39. The van der Waals surface area contributed by atoms with Crippen molar-refractivity contribution in [1.82, 2.24) is 9.66 Å². The van der Waals surface area contributed by atoms with Crippen LogP contribution in [0.15, 0.2) is 69.0 Å². The van der Waals surface area contributed by atoms with Gasteiger partial charge in [0.1, 0.15) is 18.2 Å². The molecule has 0 amide bonds. The summed E-state index contributed by atoms with van der Waals surface area (Å²) < 4.78 is 18.8. The Morgan fingerprint density at radius 1 is 1.18 bits per heavy atom. The highest BCUT2D eigenvalue weighted by molar-refractivity contribution is 9.10. The molecule has 11 heteroatoms. The van der Waals surface area contributed by atoms with E-state index in [-0.39, 0.29) is 30.6 Å². The van der Waals surface area contributed by atoms with Gasteiger partial charge in [0.15, 0.2) is 11.5 Å². The van der Waals surface area contributed by atoms with Crippen molar-refractivity contribution in [2.24, 2.45) is 5.10 Å². The Balaban J connectivity index is 1.53. The molecule has 0 saturated carbocycles. The number of nitro groups is 1. The molecule has 0 N–H and O–H groups in total. The molecule has 1 atom stereocenters. The SMILES string of the molecule is CC[C@H](C)c1nc2ccc(Br)cc2c(=O)n1N=Cc1cc([N+](=O)[O-])ccc1OCc1ccc2c(c1)OCO2. The number of nitro benzene ring substituents is 1. The van der Waals surface area contributed by atoms with Crippen molar-refractivity contribution in [3.05, 3.63) is 96.5 Å². The number of non-ortho nitro benzene ring substituents is 1. The maximum absolute atomic E-state index is 13.4. The summed E-state index contributed by atoms with van der Waals surface area (Å²) in [7, 11) is 0. The van der Waals surface area contributed by atoms with E-state index in [4.69, 9.17) is 19.2 Å². The maximum atomic E-state index is 13.4. The molecule has 0 unspecified atom stereocenters. The zero-order valence-electron chi connectivity index (χ0n) is 20.6. The van der Waals surface area contributed by atoms with Gasteiger partial charge in [0.2, 0.25) is 6.79 Å². The van der Waals surface area contributed by atoms with Crippen molar-refractivity contribution in [3.8, 4) is 17.2 Å². The molecular weight excluding hydrogens is 556 g/mol. The van der Waals surface area contributed by atoms with Crippen LogP contribution in [0.25, 0.3) is 10.9 Å². The third kappa shape index (κ3) is 5.10. The summed E-state index contributed by atoms with van der Waals surface area (Å²) in [6, 6.07) is 15.0. The highest BCUT2D eigenvalue weighted by Crippen LogP contribution is 2.33. The number of fused-ring (bicyclic) bond motifs is 2. The normalized spacial score (nSPS) is 13.2. The molecule has 0 bridgehead atoms. The third-order valence-corrected chi connectivity index (χ3v) is 6.73. The van der Waals surface area contributed by atoms with Crippen LogP contribution in [0.3, 0.4) is 0 Å². The molecule has 1 aliphatic rings. The van der Waals surface area contributed by atoms with Crippen molar-refractivity contribution in [2.75, 3.05) is 6.79 Å². The smallest absolute Gasteiger partial charge is 0.282 e. The summed E-state index contributed by atoms with van der Waals surface area (Å²) in [6.07, 6.45) is 2.13. The second kappa shape index (κ2) is 10.6. The van der Waals surface area contributed by atoms with Crippen LogP contribution in [-0.2, 0) is 6.61 Å². The van der Waals surface area contributed by atoms with E-state index in [0.717, 1.165) is 16.5 Å². The number of hydrogen-bond donors (Lipinski definition) is 0. The van der Waals surface area contributed by atoms with Crippen molar-refractivity contribution in [2.45, 2.75) is 32.8 Å². The first-order chi connectivity index (χ1) is 18.3. The topological polar surface area (TPSA) is 118 Å². The highest BCUT2D eigenvalue weighted by atomic mass is 79.9. The largest absolute Gasteiger partial charge is 0.488 e. The highest BCUT2D eigenvalue weighted by Gasteiger charge is 2.17. The molecular formula is C27H23BrN4O6. The van der Waals surface area contributed by atoms with E-state index in [2.05, 4.69) is 21.0 Å². The Morgan fingerprint density at radius 2 is 2.00 bits per heavy atom. The van der Waals surface area contributed by atoms with E-state index in [1.807, 2.05) is 32.0 Å². The number of hydrogen-bond acceptors (Lipinski definition) is 8. The van der Waals surface area contributed by atoms with Crippen LogP contribution in [0, 0.1) is 10.1 Å². The van der Waals surface area contributed by atoms with Gasteiger partial charge in [-0.05, 0) is 48.4 Å². The first-order valence-electron chi connectivity index (χ1n) is 11.9. The van der Waals surface area contributed by atoms with Gasteiger partial charge in [-0.3, -0.25) is 14.9 Å². The van der Waals surface area contributed by atoms with Crippen molar-refractivity contribution < 1.29 is 19.1 Å². The van der Waals surface area contributed by atoms with Gasteiger partial charge in [0, 0.05) is 28.1 Å². The van der Waals surface area contributed by atoms with Gasteiger partial charge in [-0.2, -0.15) is 9.78 Å². The Morgan fingerprint density at radius 3 is 2.79 bits per heavy atom. The standard InChI is InChI=1S/C27H23BrN4O6/c1-3-16(2)26-30-22-7-5-19(28)12-21(22)27(33)31(26)29-13-18-11-20(32(34)35)6-9-23(18)36-14-17-4-8-24-25(10-17)38-15-37-24/h4-13,16H,3,14-15H2,1-2H3/t16-/m0/s1. The van der Waals surface area contributed by atoms with Crippen LogP contribution < -0.4 is 19.8 Å². The first-order valence-corrected chi connectivity index (χ1v) is 12.7. The van der Waals surface area contributed by atoms with E-state index >= 15 is 0 Å². The number of aromatic nitrogens is 2. The van der Waals surface area contributed by atoms with Gasteiger partial charge in [0.05, 0.1) is 22.0 Å². The number of benzene rings is 3. The molecule has 194 valence electrons. The van der Waals surface area contributed by atoms with Crippen molar-refractivity contribution in [3.63, 3.8) is 0 Å². The van der Waals surface area contributed by atoms with E-state index < -0.39 is 4.92 Å². The molecule has 10 nitrogen and oxygen atoms in total. The van der Waals surface area contributed by atoms with Crippen LogP contribution in [-0.4, -0.2) is 27.6 Å². The molecule has 3 aromatic carbocycles. The lowest BCUT2D eigenvalue weighted by Crippen LogP contribution is -2.23. The van der Waals surface area contributed by atoms with Gasteiger partial charge in [-0.15, -0.1) is 0 Å². The Labute approximate surface area is 225 Å². The van der Waals surface area contributed by atoms with Gasteiger partial charge in [-0.1, -0.05) is 35.8 Å². The van der Waals surface area contributed by atoms with Gasteiger partial charge in [0.25, 0.3) is 11.2 Å². The fraction of sp³-hybridized carbons (Fsp3) is 0.222. The molecule has 5 rings (SSSR count). The molecule has 38 heavy (non-hydrogen) atoms. The van der Waals surface area contributed by atoms with Crippen molar-refractivity contribution in [1.29, 1.82) is 0 Å². The molecule has 0 spiro atoms. The van der Waals surface area contributed by atoms with Gasteiger partial charge >= 0.3 is 0 Å². The minimum absolute atomic E-state index is 0.0558. The lowest BCUT2D eigenvalue weighted by Gasteiger charge is -2.14. The first kappa shape index (κ1) is 25.4. The fourth-order valence-corrected chi connectivity index (χ4v) is 4.33. The Bertz CT molecular complexity index is 1630. The average molecular weight is 579 g/mol.